The lowest BCUT2D eigenvalue weighted by Crippen LogP contribution is -2.38. The summed E-state index contributed by atoms with van der Waals surface area (Å²) in [5, 5.41) is 0. The third kappa shape index (κ3) is 4.54. The minimum atomic E-state index is -0.272. The largest absolute Gasteiger partial charge is 0.445 e. The van der Waals surface area contributed by atoms with E-state index in [1.807, 2.05) is 42.7 Å². The second kappa shape index (κ2) is 8.39. The highest BCUT2D eigenvalue weighted by atomic mass is 32.2. The Morgan fingerprint density at radius 2 is 1.92 bits per heavy atom. The van der Waals surface area contributed by atoms with E-state index in [4.69, 9.17) is 4.74 Å². The monoisotopic (exact) mass is 359 g/mol. The Bertz CT molecular complexity index is 715. The predicted octanol–water partition coefficient (Wildman–Crippen LogP) is 5.06. The third-order valence-corrected chi connectivity index (χ3v) is 5.40. The molecule has 132 valence electrons. The molecule has 1 saturated heterocycles. The number of ether oxygens (including phenoxy) is 1. The van der Waals surface area contributed by atoms with E-state index in [-0.39, 0.29) is 17.8 Å². The number of benzene rings is 2. The van der Waals surface area contributed by atoms with Gasteiger partial charge in [-0.25, -0.2) is 9.18 Å². The molecule has 5 heteroatoms. The number of carbonyl (C=O) groups is 1. The van der Waals surface area contributed by atoms with E-state index in [2.05, 4.69) is 0 Å². The lowest BCUT2D eigenvalue weighted by molar-refractivity contribution is 0.0869. The van der Waals surface area contributed by atoms with Crippen LogP contribution >= 0.6 is 11.8 Å². The van der Waals surface area contributed by atoms with Crippen LogP contribution in [0.2, 0.25) is 0 Å². The standard InChI is InChI=1S/C20H22FNO2S/c1-25-19-8-7-17(21)13-18(19)16-9-11-22(12-10-16)20(23)24-14-15-5-3-2-4-6-15/h2-8,13,16H,9-12,14H2,1H3. The molecule has 1 amide bonds. The van der Waals surface area contributed by atoms with E-state index in [0.717, 1.165) is 28.9 Å². The zero-order valence-corrected chi connectivity index (χ0v) is 15.1. The highest BCUT2D eigenvalue weighted by Crippen LogP contribution is 2.34. The number of rotatable bonds is 4. The van der Waals surface area contributed by atoms with E-state index >= 15 is 0 Å². The number of thioether (sulfide) groups is 1. The van der Waals surface area contributed by atoms with Crippen LogP contribution in [0.3, 0.4) is 0 Å². The molecule has 0 bridgehead atoms. The highest BCUT2D eigenvalue weighted by molar-refractivity contribution is 7.98. The number of piperidine rings is 1. The van der Waals surface area contributed by atoms with Crippen molar-refractivity contribution >= 4 is 17.9 Å². The molecule has 1 heterocycles. The van der Waals surface area contributed by atoms with Crippen LogP contribution in [-0.2, 0) is 11.3 Å². The summed E-state index contributed by atoms with van der Waals surface area (Å²) in [5.41, 5.74) is 2.04. The van der Waals surface area contributed by atoms with Crippen LogP contribution in [0.25, 0.3) is 0 Å². The molecule has 25 heavy (non-hydrogen) atoms. The SMILES string of the molecule is CSc1ccc(F)cc1C1CCN(C(=O)OCc2ccccc2)CC1. The van der Waals surface area contributed by atoms with E-state index in [0.29, 0.717) is 19.7 Å². The van der Waals surface area contributed by atoms with Gasteiger partial charge in [0, 0.05) is 18.0 Å². The molecule has 3 nitrogen and oxygen atoms in total. The van der Waals surface area contributed by atoms with Crippen LogP contribution in [0.4, 0.5) is 9.18 Å². The van der Waals surface area contributed by atoms with Crippen molar-refractivity contribution in [2.45, 2.75) is 30.3 Å². The maximum atomic E-state index is 13.6. The molecule has 0 N–H and O–H groups in total. The number of amides is 1. The molecule has 3 rings (SSSR count). The quantitative estimate of drug-likeness (QED) is 0.714. The molecule has 0 saturated carbocycles. The van der Waals surface area contributed by atoms with Crippen molar-refractivity contribution in [3.8, 4) is 0 Å². The van der Waals surface area contributed by atoms with Crippen molar-refractivity contribution in [2.24, 2.45) is 0 Å². The van der Waals surface area contributed by atoms with Crippen LogP contribution in [0.1, 0.15) is 29.9 Å². The molecule has 0 aliphatic carbocycles. The summed E-state index contributed by atoms with van der Waals surface area (Å²) in [5.74, 6) is 0.0915. The van der Waals surface area contributed by atoms with Crippen LogP contribution in [0.5, 0.6) is 0 Å². The molecule has 0 radical (unpaired) electrons. The molecule has 2 aromatic rings. The van der Waals surface area contributed by atoms with Crippen molar-refractivity contribution in [1.29, 1.82) is 0 Å². The lowest BCUT2D eigenvalue weighted by atomic mass is 9.89. The van der Waals surface area contributed by atoms with Crippen molar-refractivity contribution in [3.05, 3.63) is 65.5 Å². The van der Waals surface area contributed by atoms with Gasteiger partial charge in [0.1, 0.15) is 12.4 Å². The Kier molecular flexibility index (Phi) is 5.97. The second-order valence-electron chi connectivity index (χ2n) is 6.19. The fourth-order valence-corrected chi connectivity index (χ4v) is 3.87. The normalized spacial score (nSPS) is 15.2. The fraction of sp³-hybridized carbons (Fsp3) is 0.350. The van der Waals surface area contributed by atoms with Gasteiger partial charge in [0.25, 0.3) is 0 Å². The van der Waals surface area contributed by atoms with E-state index in [1.165, 1.54) is 6.07 Å². The summed E-state index contributed by atoms with van der Waals surface area (Å²) < 4.78 is 19.0. The maximum absolute atomic E-state index is 13.6. The number of nitrogens with zero attached hydrogens (tertiary/aromatic N) is 1. The van der Waals surface area contributed by atoms with Gasteiger partial charge in [0.2, 0.25) is 0 Å². The number of likely N-dealkylation sites (tertiary alicyclic amines) is 1. The van der Waals surface area contributed by atoms with E-state index in [1.54, 1.807) is 22.7 Å². The Hall–Kier alpha value is -2.01. The van der Waals surface area contributed by atoms with Crippen molar-refractivity contribution in [2.75, 3.05) is 19.3 Å². The summed E-state index contributed by atoms with van der Waals surface area (Å²) in [4.78, 5) is 15.1. The fourth-order valence-electron chi connectivity index (χ4n) is 3.21. The zero-order valence-electron chi connectivity index (χ0n) is 14.3. The van der Waals surface area contributed by atoms with Crippen molar-refractivity contribution < 1.29 is 13.9 Å². The van der Waals surface area contributed by atoms with Crippen LogP contribution in [0.15, 0.2) is 53.4 Å². The van der Waals surface area contributed by atoms with Gasteiger partial charge >= 0.3 is 6.09 Å². The van der Waals surface area contributed by atoms with E-state index < -0.39 is 0 Å². The maximum Gasteiger partial charge on any atom is 0.410 e. The first kappa shape index (κ1) is 17.8. The molecule has 0 unspecified atom stereocenters. The van der Waals surface area contributed by atoms with Gasteiger partial charge in [0.15, 0.2) is 0 Å². The molecule has 0 spiro atoms. The summed E-state index contributed by atoms with van der Waals surface area (Å²) in [6.07, 6.45) is 3.40. The predicted molar refractivity (Wildman–Crippen MR) is 98.4 cm³/mol. The summed E-state index contributed by atoms with van der Waals surface area (Å²) in [6, 6.07) is 14.7. The highest BCUT2D eigenvalue weighted by Gasteiger charge is 2.26. The molecule has 1 fully saturated rings. The topological polar surface area (TPSA) is 29.5 Å². The average Bonchev–Trinajstić information content (AvgIpc) is 2.67. The van der Waals surface area contributed by atoms with E-state index in [9.17, 15) is 9.18 Å². The van der Waals surface area contributed by atoms with Gasteiger partial charge in [-0.05, 0) is 54.3 Å². The zero-order chi connectivity index (χ0) is 17.6. The van der Waals surface area contributed by atoms with Crippen LogP contribution in [-0.4, -0.2) is 30.3 Å². The summed E-state index contributed by atoms with van der Waals surface area (Å²) in [7, 11) is 0. The first-order chi connectivity index (χ1) is 12.2. The van der Waals surface area contributed by atoms with Gasteiger partial charge in [-0.15, -0.1) is 11.8 Å². The summed E-state index contributed by atoms with van der Waals surface area (Å²) in [6.45, 7) is 1.57. The molecule has 0 aromatic heterocycles. The van der Waals surface area contributed by atoms with Crippen molar-refractivity contribution in [1.82, 2.24) is 4.90 Å². The van der Waals surface area contributed by atoms with Crippen LogP contribution < -0.4 is 0 Å². The third-order valence-electron chi connectivity index (χ3n) is 4.59. The molecular weight excluding hydrogens is 337 g/mol. The molecular formula is C20H22FNO2S. The number of hydrogen-bond donors (Lipinski definition) is 0. The minimum absolute atomic E-state index is 0.197. The van der Waals surface area contributed by atoms with Gasteiger partial charge in [0.05, 0.1) is 0 Å². The Morgan fingerprint density at radius 1 is 1.20 bits per heavy atom. The Morgan fingerprint density at radius 3 is 2.60 bits per heavy atom. The van der Waals surface area contributed by atoms with Gasteiger partial charge < -0.3 is 9.64 Å². The van der Waals surface area contributed by atoms with Crippen molar-refractivity contribution in [3.63, 3.8) is 0 Å². The molecule has 0 atom stereocenters. The number of carbonyl (C=O) groups excluding carboxylic acids is 1. The second-order valence-corrected chi connectivity index (χ2v) is 7.04. The Balaban J connectivity index is 1.55. The smallest absolute Gasteiger partial charge is 0.410 e. The van der Waals surface area contributed by atoms with Gasteiger partial charge in [-0.1, -0.05) is 30.3 Å². The molecule has 1 aliphatic heterocycles. The average molecular weight is 359 g/mol. The summed E-state index contributed by atoms with van der Waals surface area (Å²) >= 11 is 1.64. The molecule has 2 aromatic carbocycles. The lowest BCUT2D eigenvalue weighted by Gasteiger charge is -2.32. The van der Waals surface area contributed by atoms with Gasteiger partial charge in [-0.2, -0.15) is 0 Å². The number of halogens is 1. The molecule has 1 aliphatic rings. The minimum Gasteiger partial charge on any atom is -0.445 e. The first-order valence-electron chi connectivity index (χ1n) is 8.46. The number of hydrogen-bond acceptors (Lipinski definition) is 3. The first-order valence-corrected chi connectivity index (χ1v) is 9.69. The van der Waals surface area contributed by atoms with Crippen LogP contribution in [0, 0.1) is 5.82 Å². The Labute approximate surface area is 152 Å². The van der Waals surface area contributed by atoms with Gasteiger partial charge in [-0.3, -0.25) is 0 Å².